The molecule has 0 radical (unpaired) electrons. The highest BCUT2D eigenvalue weighted by atomic mass is 16.5. The molecule has 0 aliphatic heterocycles. The van der Waals surface area contributed by atoms with E-state index in [2.05, 4.69) is 24.4 Å². The summed E-state index contributed by atoms with van der Waals surface area (Å²) in [5, 5.41) is 2.87. The Bertz CT molecular complexity index is 567. The van der Waals surface area contributed by atoms with Gasteiger partial charge < -0.3 is 15.8 Å². The van der Waals surface area contributed by atoms with Crippen LogP contribution in [0.2, 0.25) is 0 Å². The maximum Gasteiger partial charge on any atom is 0.257 e. The molecule has 1 unspecified atom stereocenters. The van der Waals surface area contributed by atoms with Crippen LogP contribution < -0.4 is 15.8 Å². The third kappa shape index (κ3) is 4.84. The predicted molar refractivity (Wildman–Crippen MR) is 84.2 cm³/mol. The van der Waals surface area contributed by atoms with Gasteiger partial charge in [0.2, 0.25) is 0 Å². The number of hydrogen-bond acceptors (Lipinski definition) is 3. The first kappa shape index (κ1) is 14.9. The number of nitrogen functional groups attached to an aromatic ring is 1. The molecule has 2 rings (SSSR count). The first-order chi connectivity index (χ1) is 10.1. The fourth-order valence-corrected chi connectivity index (χ4v) is 1.93. The first-order valence-corrected chi connectivity index (χ1v) is 6.95. The Morgan fingerprint density at radius 3 is 2.48 bits per heavy atom. The monoisotopic (exact) mass is 284 g/mol. The van der Waals surface area contributed by atoms with Gasteiger partial charge in [-0.1, -0.05) is 37.3 Å². The second kappa shape index (κ2) is 7.33. The maximum atomic E-state index is 11.8. The molecule has 21 heavy (non-hydrogen) atoms. The molecule has 4 nitrogen and oxygen atoms in total. The quantitative estimate of drug-likeness (QED) is 0.801. The van der Waals surface area contributed by atoms with Gasteiger partial charge in [-0.05, 0) is 35.7 Å². The van der Waals surface area contributed by atoms with Gasteiger partial charge in [0.1, 0.15) is 5.75 Å². The SMILES string of the molecule is CC(CNC(=O)COc1ccc(N)cc1)c1ccccc1. The number of anilines is 1. The van der Waals surface area contributed by atoms with Crippen molar-refractivity contribution in [1.82, 2.24) is 5.32 Å². The average molecular weight is 284 g/mol. The number of carbonyl (C=O) groups excluding carboxylic acids is 1. The highest BCUT2D eigenvalue weighted by Gasteiger charge is 2.08. The van der Waals surface area contributed by atoms with Crippen LogP contribution in [0.3, 0.4) is 0 Å². The summed E-state index contributed by atoms with van der Waals surface area (Å²) in [6.45, 7) is 2.68. The topological polar surface area (TPSA) is 64.3 Å². The van der Waals surface area contributed by atoms with Gasteiger partial charge in [0.05, 0.1) is 0 Å². The minimum absolute atomic E-state index is 0.00538. The molecule has 0 spiro atoms. The lowest BCUT2D eigenvalue weighted by Crippen LogP contribution is -2.31. The van der Waals surface area contributed by atoms with Crippen molar-refractivity contribution >= 4 is 11.6 Å². The van der Waals surface area contributed by atoms with Crippen LogP contribution in [0.15, 0.2) is 54.6 Å². The van der Waals surface area contributed by atoms with Crippen LogP contribution in [0.1, 0.15) is 18.4 Å². The summed E-state index contributed by atoms with van der Waals surface area (Å²) in [5.74, 6) is 0.775. The van der Waals surface area contributed by atoms with E-state index < -0.39 is 0 Å². The van der Waals surface area contributed by atoms with E-state index in [0.717, 1.165) is 0 Å². The van der Waals surface area contributed by atoms with E-state index in [1.54, 1.807) is 24.3 Å². The second-order valence-electron chi connectivity index (χ2n) is 4.97. The zero-order chi connectivity index (χ0) is 15.1. The molecule has 0 aliphatic carbocycles. The van der Waals surface area contributed by atoms with Crippen LogP contribution in [-0.2, 0) is 4.79 Å². The van der Waals surface area contributed by atoms with Crippen molar-refractivity contribution in [2.24, 2.45) is 0 Å². The van der Waals surface area contributed by atoms with Crippen molar-refractivity contribution in [2.45, 2.75) is 12.8 Å². The van der Waals surface area contributed by atoms with Gasteiger partial charge in [0, 0.05) is 12.2 Å². The fourth-order valence-electron chi connectivity index (χ4n) is 1.93. The fraction of sp³-hybridized carbons (Fsp3) is 0.235. The molecular weight excluding hydrogens is 264 g/mol. The summed E-state index contributed by atoms with van der Waals surface area (Å²) >= 11 is 0. The number of amides is 1. The van der Waals surface area contributed by atoms with Crippen LogP contribution in [0.25, 0.3) is 0 Å². The number of hydrogen-bond donors (Lipinski definition) is 2. The number of carbonyl (C=O) groups is 1. The Kier molecular flexibility index (Phi) is 5.21. The van der Waals surface area contributed by atoms with Gasteiger partial charge in [-0.15, -0.1) is 0 Å². The average Bonchev–Trinajstić information content (AvgIpc) is 2.53. The molecule has 0 saturated heterocycles. The molecule has 0 saturated carbocycles. The van der Waals surface area contributed by atoms with E-state index in [4.69, 9.17) is 10.5 Å². The lowest BCUT2D eigenvalue weighted by molar-refractivity contribution is -0.123. The number of nitrogens with two attached hydrogens (primary N) is 1. The van der Waals surface area contributed by atoms with E-state index in [1.165, 1.54) is 5.56 Å². The van der Waals surface area contributed by atoms with Gasteiger partial charge in [-0.2, -0.15) is 0 Å². The maximum absolute atomic E-state index is 11.8. The van der Waals surface area contributed by atoms with E-state index in [9.17, 15) is 4.79 Å². The molecule has 4 heteroatoms. The summed E-state index contributed by atoms with van der Waals surface area (Å²) in [6, 6.07) is 17.1. The number of ether oxygens (including phenoxy) is 1. The Hall–Kier alpha value is -2.49. The lowest BCUT2D eigenvalue weighted by atomic mass is 10.0. The highest BCUT2D eigenvalue weighted by Crippen LogP contribution is 2.14. The molecule has 0 bridgehead atoms. The zero-order valence-electron chi connectivity index (χ0n) is 12.1. The summed E-state index contributed by atoms with van der Waals surface area (Å²) in [5.41, 5.74) is 7.46. The highest BCUT2D eigenvalue weighted by molar-refractivity contribution is 5.77. The van der Waals surface area contributed by atoms with Gasteiger partial charge in [-0.3, -0.25) is 4.79 Å². The van der Waals surface area contributed by atoms with Crippen LogP contribution >= 0.6 is 0 Å². The largest absolute Gasteiger partial charge is 0.484 e. The van der Waals surface area contributed by atoms with Crippen molar-refractivity contribution in [1.29, 1.82) is 0 Å². The number of nitrogens with one attached hydrogen (secondary N) is 1. The van der Waals surface area contributed by atoms with Crippen LogP contribution in [0, 0.1) is 0 Å². The van der Waals surface area contributed by atoms with Gasteiger partial charge >= 0.3 is 0 Å². The van der Waals surface area contributed by atoms with Gasteiger partial charge in [0.25, 0.3) is 5.91 Å². The molecule has 3 N–H and O–H groups in total. The van der Waals surface area contributed by atoms with E-state index in [-0.39, 0.29) is 18.4 Å². The van der Waals surface area contributed by atoms with Crippen molar-refractivity contribution in [3.8, 4) is 5.75 Å². The zero-order valence-corrected chi connectivity index (χ0v) is 12.1. The molecule has 0 fully saturated rings. The van der Waals surface area contributed by atoms with Crippen molar-refractivity contribution in [2.75, 3.05) is 18.9 Å². The second-order valence-corrected chi connectivity index (χ2v) is 4.97. The first-order valence-electron chi connectivity index (χ1n) is 6.95. The van der Waals surface area contributed by atoms with Crippen LogP contribution in [0.5, 0.6) is 5.75 Å². The molecule has 110 valence electrons. The molecule has 1 amide bonds. The molecule has 2 aromatic rings. The Balaban J connectivity index is 1.73. The standard InChI is InChI=1S/C17H20N2O2/c1-13(14-5-3-2-4-6-14)11-19-17(20)12-21-16-9-7-15(18)8-10-16/h2-10,13H,11-12,18H2,1H3,(H,19,20). The van der Waals surface area contributed by atoms with Gasteiger partial charge in [0.15, 0.2) is 6.61 Å². The molecular formula is C17H20N2O2. The Morgan fingerprint density at radius 2 is 1.81 bits per heavy atom. The van der Waals surface area contributed by atoms with Gasteiger partial charge in [-0.25, -0.2) is 0 Å². The molecule has 2 aromatic carbocycles. The van der Waals surface area contributed by atoms with Crippen LogP contribution in [0.4, 0.5) is 5.69 Å². The van der Waals surface area contributed by atoms with Crippen molar-refractivity contribution < 1.29 is 9.53 Å². The number of benzene rings is 2. The normalized spacial score (nSPS) is 11.7. The third-order valence-corrected chi connectivity index (χ3v) is 3.22. The van der Waals surface area contributed by atoms with Crippen molar-refractivity contribution in [3.05, 3.63) is 60.2 Å². The molecule has 0 aliphatic rings. The molecule has 0 aromatic heterocycles. The number of rotatable bonds is 6. The Morgan fingerprint density at radius 1 is 1.14 bits per heavy atom. The molecule has 1 atom stereocenters. The predicted octanol–water partition coefficient (Wildman–Crippen LogP) is 2.57. The summed E-state index contributed by atoms with van der Waals surface area (Å²) in [6.07, 6.45) is 0. The van der Waals surface area contributed by atoms with E-state index in [0.29, 0.717) is 18.0 Å². The summed E-state index contributed by atoms with van der Waals surface area (Å²) in [7, 11) is 0. The van der Waals surface area contributed by atoms with E-state index >= 15 is 0 Å². The Labute approximate surface area is 124 Å². The smallest absolute Gasteiger partial charge is 0.257 e. The minimum atomic E-state index is -0.130. The minimum Gasteiger partial charge on any atom is -0.484 e. The van der Waals surface area contributed by atoms with Crippen molar-refractivity contribution in [3.63, 3.8) is 0 Å². The molecule has 0 heterocycles. The summed E-state index contributed by atoms with van der Waals surface area (Å²) in [4.78, 5) is 11.8. The summed E-state index contributed by atoms with van der Waals surface area (Å²) < 4.78 is 5.39. The lowest BCUT2D eigenvalue weighted by Gasteiger charge is -2.13. The third-order valence-electron chi connectivity index (χ3n) is 3.22. The van der Waals surface area contributed by atoms with Crippen LogP contribution in [-0.4, -0.2) is 19.1 Å². The van der Waals surface area contributed by atoms with E-state index in [1.807, 2.05) is 18.2 Å².